The Morgan fingerprint density at radius 1 is 0.453 bits per heavy atom. The number of rotatable bonds is 16. The van der Waals surface area contributed by atoms with Gasteiger partial charge in [-0.3, -0.25) is 0 Å². The van der Waals surface area contributed by atoms with Crippen molar-refractivity contribution in [2.75, 3.05) is 0 Å². The summed E-state index contributed by atoms with van der Waals surface area (Å²) in [6, 6.07) is 17.9. The standard InChI is InChI=1S/C44H42N4OS4/c1-3-5-7-9-11-29-13-17-31(18-14-29)21-23-33-35-43(52-25-45-35)39(37-41(33)50-27-47-37)49-40-38-42(51-28-48-38)34(36-44(40)53-26-46-36)24-22-32-19-15-30(16-20-32)12-10-8-6-4-2/h13-28H,3-12H2,1-2H3/b23-21+,24-22+. The van der Waals surface area contributed by atoms with Crippen LogP contribution in [0.2, 0.25) is 0 Å². The fraction of sp³-hybridized carbons (Fsp3) is 0.273. The quantitative estimate of drug-likeness (QED) is 0.0723. The Balaban J connectivity index is 1.09. The number of nitrogens with zero attached hydrogens (tertiary/aromatic N) is 4. The molecule has 0 saturated heterocycles. The smallest absolute Gasteiger partial charge is 0.174 e. The number of ether oxygens (including phenoxy) is 1. The van der Waals surface area contributed by atoms with Crippen LogP contribution in [0.15, 0.2) is 70.6 Å². The van der Waals surface area contributed by atoms with E-state index in [4.69, 9.17) is 24.7 Å². The number of unbranched alkanes of at least 4 members (excludes halogenated alkanes) is 6. The highest BCUT2D eigenvalue weighted by Gasteiger charge is 2.24. The molecular formula is C44H42N4OS4. The van der Waals surface area contributed by atoms with Gasteiger partial charge in [0.1, 0.15) is 11.0 Å². The average molecular weight is 771 g/mol. The second-order valence-electron chi connectivity index (χ2n) is 13.5. The van der Waals surface area contributed by atoms with Crippen molar-refractivity contribution in [3.05, 3.63) is 104 Å². The molecule has 0 fully saturated rings. The maximum atomic E-state index is 7.00. The molecule has 0 atom stereocenters. The first kappa shape index (κ1) is 35.7. The fourth-order valence-corrected chi connectivity index (χ4v) is 10.1. The first-order chi connectivity index (χ1) is 26.2. The van der Waals surface area contributed by atoms with Gasteiger partial charge < -0.3 is 4.74 Å². The van der Waals surface area contributed by atoms with Crippen molar-refractivity contribution in [3.8, 4) is 11.5 Å². The zero-order valence-corrected chi connectivity index (χ0v) is 33.4. The molecule has 0 saturated carbocycles. The van der Waals surface area contributed by atoms with Crippen LogP contribution in [0.1, 0.15) is 98.6 Å². The lowest BCUT2D eigenvalue weighted by Crippen LogP contribution is -1.92. The van der Waals surface area contributed by atoms with Gasteiger partial charge in [-0.1, -0.05) is 125 Å². The van der Waals surface area contributed by atoms with Crippen LogP contribution in [0, 0.1) is 0 Å². The molecule has 4 aromatic carbocycles. The van der Waals surface area contributed by atoms with Crippen molar-refractivity contribution in [2.45, 2.75) is 78.1 Å². The summed E-state index contributed by atoms with van der Waals surface area (Å²) >= 11 is 6.41. The van der Waals surface area contributed by atoms with Crippen molar-refractivity contribution >= 4 is 111 Å². The Hall–Kier alpha value is -4.28. The third-order valence-electron chi connectivity index (χ3n) is 9.80. The maximum Gasteiger partial charge on any atom is 0.174 e. The van der Waals surface area contributed by atoms with E-state index < -0.39 is 0 Å². The molecule has 0 N–H and O–H groups in total. The van der Waals surface area contributed by atoms with E-state index in [9.17, 15) is 0 Å². The molecular weight excluding hydrogens is 729 g/mol. The normalized spacial score (nSPS) is 12.2. The lowest BCUT2D eigenvalue weighted by Gasteiger charge is -2.12. The number of benzene rings is 4. The lowest BCUT2D eigenvalue weighted by atomic mass is 10.0. The van der Waals surface area contributed by atoms with Gasteiger partial charge >= 0.3 is 0 Å². The van der Waals surface area contributed by atoms with E-state index >= 15 is 0 Å². The second kappa shape index (κ2) is 16.8. The van der Waals surface area contributed by atoms with Crippen LogP contribution < -0.4 is 4.74 Å². The van der Waals surface area contributed by atoms with E-state index in [2.05, 4.69) is 86.7 Å². The molecule has 0 bridgehead atoms. The summed E-state index contributed by atoms with van der Waals surface area (Å²) in [4.78, 5) is 19.4. The Labute approximate surface area is 326 Å². The molecule has 0 amide bonds. The maximum absolute atomic E-state index is 7.00. The van der Waals surface area contributed by atoms with Gasteiger partial charge in [-0.2, -0.15) is 0 Å². The summed E-state index contributed by atoms with van der Waals surface area (Å²) in [5.74, 6) is 1.45. The van der Waals surface area contributed by atoms with Crippen LogP contribution in [-0.2, 0) is 12.8 Å². The summed E-state index contributed by atoms with van der Waals surface area (Å²) in [6.07, 6.45) is 21.3. The molecule has 8 rings (SSSR count). The van der Waals surface area contributed by atoms with E-state index in [1.165, 1.54) is 73.6 Å². The highest BCUT2D eigenvalue weighted by Crippen LogP contribution is 2.48. The van der Waals surface area contributed by atoms with E-state index in [1.54, 1.807) is 45.3 Å². The number of aryl methyl sites for hydroxylation is 2. The van der Waals surface area contributed by atoms with Crippen molar-refractivity contribution in [3.63, 3.8) is 0 Å². The van der Waals surface area contributed by atoms with Gasteiger partial charge in [0.25, 0.3) is 0 Å². The van der Waals surface area contributed by atoms with Gasteiger partial charge in [-0.25, -0.2) is 19.9 Å². The molecule has 0 spiro atoms. The average Bonchev–Trinajstić information content (AvgIpc) is 4.03. The van der Waals surface area contributed by atoms with Gasteiger partial charge in [0.15, 0.2) is 11.5 Å². The molecule has 0 aliphatic heterocycles. The molecule has 4 heterocycles. The molecule has 0 aliphatic carbocycles. The minimum atomic E-state index is 0.727. The lowest BCUT2D eigenvalue weighted by molar-refractivity contribution is 0.504. The first-order valence-corrected chi connectivity index (χ1v) is 22.2. The van der Waals surface area contributed by atoms with Crippen LogP contribution in [0.3, 0.4) is 0 Å². The molecule has 5 nitrogen and oxygen atoms in total. The van der Waals surface area contributed by atoms with E-state index in [0.29, 0.717) is 0 Å². The predicted octanol–water partition coefficient (Wildman–Crippen LogP) is 14.5. The molecule has 0 aliphatic rings. The van der Waals surface area contributed by atoms with Crippen molar-refractivity contribution in [1.82, 2.24) is 19.9 Å². The van der Waals surface area contributed by atoms with Crippen LogP contribution >= 0.6 is 45.3 Å². The van der Waals surface area contributed by atoms with Crippen LogP contribution in [0.4, 0.5) is 0 Å². The van der Waals surface area contributed by atoms with E-state index in [-0.39, 0.29) is 0 Å². The minimum absolute atomic E-state index is 0.727. The Kier molecular flexibility index (Phi) is 11.3. The molecule has 53 heavy (non-hydrogen) atoms. The van der Waals surface area contributed by atoms with Gasteiger partial charge in [0, 0.05) is 11.1 Å². The summed E-state index contributed by atoms with van der Waals surface area (Å²) in [6.45, 7) is 4.52. The number of aromatic nitrogens is 4. The van der Waals surface area contributed by atoms with Gasteiger partial charge in [-0.15, -0.1) is 45.3 Å². The van der Waals surface area contributed by atoms with Crippen LogP contribution in [0.5, 0.6) is 11.5 Å². The third kappa shape index (κ3) is 7.71. The summed E-state index contributed by atoms with van der Waals surface area (Å²) in [7, 11) is 0. The van der Waals surface area contributed by atoms with Crippen molar-refractivity contribution < 1.29 is 4.74 Å². The number of hydrogen-bond donors (Lipinski definition) is 0. The SMILES string of the molecule is CCCCCCc1ccc(/C=C/c2c3ncsc3c(Oc3c4ncsc4c(/C=C/c4ccc(CCCCCC)cc4)c4ncsc34)c3ncsc23)cc1. The van der Waals surface area contributed by atoms with Crippen molar-refractivity contribution in [1.29, 1.82) is 0 Å². The summed E-state index contributed by atoms with van der Waals surface area (Å²) in [5.41, 5.74) is 18.4. The molecule has 268 valence electrons. The highest BCUT2D eigenvalue weighted by atomic mass is 32.1. The predicted molar refractivity (Wildman–Crippen MR) is 232 cm³/mol. The highest BCUT2D eigenvalue weighted by molar-refractivity contribution is 7.19. The largest absolute Gasteiger partial charge is 0.450 e. The number of hydrogen-bond acceptors (Lipinski definition) is 9. The topological polar surface area (TPSA) is 60.8 Å². The monoisotopic (exact) mass is 770 g/mol. The fourth-order valence-electron chi connectivity index (χ4n) is 6.89. The summed E-state index contributed by atoms with van der Waals surface area (Å²) in [5, 5.41) is 0. The Morgan fingerprint density at radius 3 is 1.26 bits per heavy atom. The zero-order valence-electron chi connectivity index (χ0n) is 30.1. The number of thiazole rings is 4. The summed E-state index contributed by atoms with van der Waals surface area (Å²) < 4.78 is 11.1. The minimum Gasteiger partial charge on any atom is -0.450 e. The molecule has 9 heteroatoms. The molecule has 8 aromatic rings. The van der Waals surface area contributed by atoms with Crippen LogP contribution in [-0.4, -0.2) is 19.9 Å². The van der Waals surface area contributed by atoms with E-state index in [0.717, 1.165) is 76.3 Å². The van der Waals surface area contributed by atoms with E-state index in [1.807, 2.05) is 22.0 Å². The Bertz CT molecular complexity index is 2240. The van der Waals surface area contributed by atoms with Gasteiger partial charge in [0.2, 0.25) is 0 Å². The van der Waals surface area contributed by atoms with Crippen molar-refractivity contribution in [2.24, 2.45) is 0 Å². The number of fused-ring (bicyclic) bond motifs is 4. The third-order valence-corrected chi connectivity index (χ3v) is 13.2. The van der Waals surface area contributed by atoms with Gasteiger partial charge in [0.05, 0.1) is 51.9 Å². The molecule has 4 aromatic heterocycles. The van der Waals surface area contributed by atoms with Gasteiger partial charge in [-0.05, 0) is 47.9 Å². The molecule has 0 unspecified atom stereocenters. The first-order valence-electron chi connectivity index (χ1n) is 18.7. The molecule has 0 radical (unpaired) electrons. The second-order valence-corrected chi connectivity index (χ2v) is 16.9. The Morgan fingerprint density at radius 2 is 0.849 bits per heavy atom. The zero-order chi connectivity index (χ0) is 36.0. The van der Waals surface area contributed by atoms with Crippen LogP contribution in [0.25, 0.3) is 65.2 Å².